The molecule has 2 aromatic rings. The van der Waals surface area contributed by atoms with Crippen molar-refractivity contribution < 1.29 is 33.4 Å². The van der Waals surface area contributed by atoms with Crippen molar-refractivity contribution in [3.05, 3.63) is 65.2 Å². The number of hydrogen-bond acceptors (Lipinski definition) is 7. The molecule has 35 heavy (non-hydrogen) atoms. The molecule has 0 spiro atoms. The van der Waals surface area contributed by atoms with Crippen molar-refractivity contribution in [2.45, 2.75) is 45.8 Å². The van der Waals surface area contributed by atoms with Crippen molar-refractivity contribution in [3.8, 4) is 0 Å². The minimum Gasteiger partial charge on any atom is -0.466 e. The zero-order valence-electron chi connectivity index (χ0n) is 20.0. The van der Waals surface area contributed by atoms with Crippen LogP contribution in [0.1, 0.15) is 48.2 Å². The van der Waals surface area contributed by atoms with Gasteiger partial charge in [-0.25, -0.2) is 9.59 Å². The van der Waals surface area contributed by atoms with Gasteiger partial charge in [0.25, 0.3) is 5.91 Å². The molecule has 0 fully saturated rings. The van der Waals surface area contributed by atoms with Crippen molar-refractivity contribution in [3.63, 3.8) is 0 Å². The lowest BCUT2D eigenvalue weighted by Gasteiger charge is -2.18. The summed E-state index contributed by atoms with van der Waals surface area (Å²) in [5.74, 6) is -1.54. The van der Waals surface area contributed by atoms with E-state index in [0.29, 0.717) is 24.2 Å². The highest BCUT2D eigenvalue weighted by Gasteiger charge is 2.28. The molecule has 9 nitrogen and oxygen atoms in total. The summed E-state index contributed by atoms with van der Waals surface area (Å²) in [5, 5.41) is 2.65. The Bertz CT molecular complexity index is 1050. The fraction of sp³-hybridized carbons (Fsp3) is 0.385. The van der Waals surface area contributed by atoms with Gasteiger partial charge in [0.15, 0.2) is 0 Å². The first-order valence-corrected chi connectivity index (χ1v) is 11.7. The highest BCUT2D eigenvalue weighted by atomic mass is 16.6. The Morgan fingerprint density at radius 2 is 1.71 bits per heavy atom. The molecule has 0 aliphatic carbocycles. The minimum atomic E-state index is -0.982. The highest BCUT2D eigenvalue weighted by Crippen LogP contribution is 2.29. The number of nitrogens with zero attached hydrogens (tertiary/aromatic N) is 1. The van der Waals surface area contributed by atoms with E-state index in [0.717, 1.165) is 11.1 Å². The third kappa shape index (κ3) is 7.05. The summed E-state index contributed by atoms with van der Waals surface area (Å²) < 4.78 is 15.4. The number of carbonyl (C=O) groups excluding carboxylic acids is 4. The normalized spacial score (nSPS) is 12.9. The van der Waals surface area contributed by atoms with Crippen LogP contribution in [0.25, 0.3) is 0 Å². The van der Waals surface area contributed by atoms with Crippen LogP contribution in [0.4, 0.5) is 10.5 Å². The van der Waals surface area contributed by atoms with Crippen LogP contribution in [0.5, 0.6) is 0 Å². The predicted octanol–water partition coefficient (Wildman–Crippen LogP) is 3.39. The molecule has 2 aromatic carbocycles. The van der Waals surface area contributed by atoms with E-state index in [2.05, 4.69) is 5.32 Å². The molecular weight excluding hydrogens is 452 g/mol. The first-order chi connectivity index (χ1) is 16.9. The Morgan fingerprint density at radius 1 is 0.971 bits per heavy atom. The van der Waals surface area contributed by atoms with E-state index in [1.165, 1.54) is 0 Å². The summed E-state index contributed by atoms with van der Waals surface area (Å²) in [5.41, 5.74) is 2.75. The summed E-state index contributed by atoms with van der Waals surface area (Å²) in [7, 11) is 0. The number of benzene rings is 2. The van der Waals surface area contributed by atoms with Gasteiger partial charge >= 0.3 is 18.0 Å². The molecule has 0 saturated carbocycles. The van der Waals surface area contributed by atoms with Crippen LogP contribution in [-0.2, 0) is 36.8 Å². The SMILES string of the molecule is CCOC(=O)CCC(NC(=O)c1ccc2c(c1)CCN2C(=O)OCc1ccccc1)C(=O)OCC. The maximum absolute atomic E-state index is 12.9. The molecule has 1 atom stereocenters. The fourth-order valence-corrected chi connectivity index (χ4v) is 3.76. The third-order valence-electron chi connectivity index (χ3n) is 5.48. The molecule has 1 heterocycles. The molecule has 9 heteroatoms. The van der Waals surface area contributed by atoms with E-state index in [9.17, 15) is 19.2 Å². The Labute approximate surface area is 204 Å². The Balaban J connectivity index is 1.63. The van der Waals surface area contributed by atoms with Crippen LogP contribution in [0.2, 0.25) is 0 Å². The molecule has 1 N–H and O–H groups in total. The lowest BCUT2D eigenvalue weighted by molar-refractivity contribution is -0.146. The quantitative estimate of drug-likeness (QED) is 0.408. The standard InChI is InChI=1S/C26H30N2O7/c1-3-33-23(29)13-11-21(25(31)34-4-2)27-24(30)20-10-12-22-19(16-20)14-15-28(22)26(32)35-17-18-8-6-5-7-9-18/h5-10,12,16,21H,3-4,11,13-15,17H2,1-2H3,(H,27,30). The van der Waals surface area contributed by atoms with Crippen LogP contribution < -0.4 is 10.2 Å². The van der Waals surface area contributed by atoms with Crippen molar-refractivity contribution in [2.24, 2.45) is 0 Å². The molecular formula is C26H30N2O7. The van der Waals surface area contributed by atoms with Gasteiger partial charge in [0.2, 0.25) is 0 Å². The van der Waals surface area contributed by atoms with Crippen LogP contribution in [0.15, 0.2) is 48.5 Å². The predicted molar refractivity (Wildman–Crippen MR) is 128 cm³/mol. The van der Waals surface area contributed by atoms with Gasteiger partial charge in [-0.1, -0.05) is 30.3 Å². The first kappa shape index (κ1) is 25.7. The van der Waals surface area contributed by atoms with Gasteiger partial charge in [0.1, 0.15) is 12.6 Å². The number of rotatable bonds is 10. The van der Waals surface area contributed by atoms with E-state index in [4.69, 9.17) is 14.2 Å². The molecule has 1 aliphatic rings. The zero-order valence-corrected chi connectivity index (χ0v) is 20.0. The number of nitrogens with one attached hydrogen (secondary N) is 1. The lowest BCUT2D eigenvalue weighted by Crippen LogP contribution is -2.42. The van der Waals surface area contributed by atoms with E-state index < -0.39 is 30.0 Å². The molecule has 0 bridgehead atoms. The molecule has 0 saturated heterocycles. The van der Waals surface area contributed by atoms with Gasteiger partial charge in [0.05, 0.1) is 18.9 Å². The summed E-state index contributed by atoms with van der Waals surface area (Å²) in [6.45, 7) is 4.37. The van der Waals surface area contributed by atoms with Gasteiger partial charge < -0.3 is 19.5 Å². The van der Waals surface area contributed by atoms with E-state index in [1.807, 2.05) is 30.3 Å². The van der Waals surface area contributed by atoms with Crippen molar-refractivity contribution in [1.82, 2.24) is 5.32 Å². The van der Waals surface area contributed by atoms with E-state index in [-0.39, 0.29) is 32.7 Å². The first-order valence-electron chi connectivity index (χ1n) is 11.7. The average molecular weight is 483 g/mol. The fourth-order valence-electron chi connectivity index (χ4n) is 3.76. The van der Waals surface area contributed by atoms with Crippen molar-refractivity contribution in [1.29, 1.82) is 0 Å². The molecule has 0 radical (unpaired) electrons. The number of carbonyl (C=O) groups is 4. The van der Waals surface area contributed by atoms with Crippen LogP contribution in [0, 0.1) is 0 Å². The summed E-state index contributed by atoms with van der Waals surface area (Å²) >= 11 is 0. The Hall–Kier alpha value is -3.88. The minimum absolute atomic E-state index is 0.0260. The molecule has 1 aliphatic heterocycles. The highest BCUT2D eigenvalue weighted by molar-refractivity contribution is 5.98. The van der Waals surface area contributed by atoms with Gasteiger partial charge in [-0.15, -0.1) is 0 Å². The number of ether oxygens (including phenoxy) is 3. The topological polar surface area (TPSA) is 111 Å². The van der Waals surface area contributed by atoms with Gasteiger partial charge in [-0.3, -0.25) is 14.5 Å². The largest absolute Gasteiger partial charge is 0.466 e. The van der Waals surface area contributed by atoms with Gasteiger partial charge in [0, 0.05) is 18.5 Å². The maximum atomic E-state index is 12.9. The van der Waals surface area contributed by atoms with Crippen LogP contribution in [-0.4, -0.2) is 49.7 Å². The van der Waals surface area contributed by atoms with Crippen molar-refractivity contribution in [2.75, 3.05) is 24.7 Å². The van der Waals surface area contributed by atoms with Gasteiger partial charge in [-0.05, 0) is 56.0 Å². The summed E-state index contributed by atoms with van der Waals surface area (Å²) in [6.07, 6.45) is 0.157. The van der Waals surface area contributed by atoms with Crippen LogP contribution >= 0.6 is 0 Å². The number of fused-ring (bicyclic) bond motifs is 1. The average Bonchev–Trinajstić information content (AvgIpc) is 3.29. The van der Waals surface area contributed by atoms with Crippen LogP contribution in [0.3, 0.4) is 0 Å². The summed E-state index contributed by atoms with van der Waals surface area (Å²) in [4.78, 5) is 51.0. The second kappa shape index (κ2) is 12.5. The smallest absolute Gasteiger partial charge is 0.414 e. The molecule has 1 unspecified atom stereocenters. The number of amides is 2. The number of esters is 2. The summed E-state index contributed by atoms with van der Waals surface area (Å²) in [6, 6.07) is 13.4. The Morgan fingerprint density at radius 3 is 2.43 bits per heavy atom. The van der Waals surface area contributed by atoms with Crippen molar-refractivity contribution >= 4 is 29.6 Å². The Kier molecular flexibility index (Phi) is 9.23. The zero-order chi connectivity index (χ0) is 25.2. The van der Waals surface area contributed by atoms with Gasteiger partial charge in [-0.2, -0.15) is 0 Å². The second-order valence-electron chi connectivity index (χ2n) is 7.91. The number of anilines is 1. The third-order valence-corrected chi connectivity index (χ3v) is 5.48. The van der Waals surface area contributed by atoms with E-state index in [1.54, 1.807) is 36.9 Å². The molecule has 0 aromatic heterocycles. The molecule has 3 rings (SSSR count). The van der Waals surface area contributed by atoms with E-state index >= 15 is 0 Å². The second-order valence-corrected chi connectivity index (χ2v) is 7.91. The monoisotopic (exact) mass is 482 g/mol. The number of hydrogen-bond donors (Lipinski definition) is 1. The maximum Gasteiger partial charge on any atom is 0.414 e. The lowest BCUT2D eigenvalue weighted by atomic mass is 10.1. The molecule has 2 amide bonds. The molecule has 186 valence electrons.